The standard InChI is InChI=1S/C62H87N9O21/c1-30-34(5)82-60(46(75)52(30)79-27-37-18-12-9-13-19-37)88-50-32(3)44(67-70-64)58(86-41(50)25-73)91-54-36(7)84-62(48(77)56(54)81-29-39-22-16-11-17-23-39)90-51-33(4)45(68-71-65)59(87-42(51)26-74)92-53-35(6)83-61(47(76)55(53)80-28-38-20-14-10-15-21-38)89-49-31(2)43(66-69-63)57(78-8)85-40(49)24-72/h9-23,30-36,40-62,72-77H,24-29H2,1-8H3/t30-,31-,32-,33-,34?,35?,36?,40?,41?,42?,43?,44?,45?,46?,47?,48?,49+,50+,51+,52-,53?,54+,55+,56+,57-,58+,59+,60+,61+,62+/m1/s1. The van der Waals surface area contributed by atoms with Crippen molar-refractivity contribution in [2.75, 3.05) is 26.9 Å². The average Bonchev–Trinajstić information content (AvgIpc) is 0.792. The first-order valence-electron chi connectivity index (χ1n) is 31.2. The number of ether oxygens (including phenoxy) is 15. The van der Waals surface area contributed by atoms with Gasteiger partial charge in [-0.3, -0.25) is 0 Å². The normalized spacial score (nSPS) is 41.5. The Morgan fingerprint density at radius 3 is 0.989 bits per heavy atom. The number of rotatable bonds is 26. The molecule has 92 heavy (non-hydrogen) atoms. The average molecular weight is 1290 g/mol. The minimum atomic E-state index is -1.67. The Morgan fingerprint density at radius 2 is 0.663 bits per heavy atom. The Bertz CT molecular complexity index is 2890. The fourth-order valence-electron chi connectivity index (χ4n) is 13.0. The van der Waals surface area contributed by atoms with E-state index in [0.29, 0.717) is 0 Å². The lowest BCUT2D eigenvalue weighted by atomic mass is 9.87. The molecule has 6 N–H and O–H groups in total. The smallest absolute Gasteiger partial charge is 0.186 e. The van der Waals surface area contributed by atoms with Crippen LogP contribution >= 0.6 is 0 Å². The van der Waals surface area contributed by atoms with Gasteiger partial charge in [-0.2, -0.15) is 0 Å². The summed E-state index contributed by atoms with van der Waals surface area (Å²) in [7, 11) is 1.38. The maximum Gasteiger partial charge on any atom is 0.186 e. The van der Waals surface area contributed by atoms with Gasteiger partial charge in [-0.15, -0.1) is 0 Å². The third-order valence-electron chi connectivity index (χ3n) is 18.4. The second kappa shape index (κ2) is 33.4. The lowest BCUT2D eigenvalue weighted by Crippen LogP contribution is -2.66. The van der Waals surface area contributed by atoms with Gasteiger partial charge in [0.1, 0.15) is 61.0 Å². The van der Waals surface area contributed by atoms with E-state index in [1.807, 2.05) is 105 Å². The lowest BCUT2D eigenvalue weighted by Gasteiger charge is -2.51. The predicted molar refractivity (Wildman–Crippen MR) is 320 cm³/mol. The zero-order chi connectivity index (χ0) is 65.8. The van der Waals surface area contributed by atoms with Crippen molar-refractivity contribution in [2.45, 2.75) is 228 Å². The van der Waals surface area contributed by atoms with Gasteiger partial charge >= 0.3 is 0 Å². The molecule has 13 unspecified atom stereocenters. The van der Waals surface area contributed by atoms with Crippen LogP contribution in [0, 0.1) is 23.7 Å². The van der Waals surface area contributed by atoms with Crippen LogP contribution in [0.3, 0.4) is 0 Å². The molecule has 6 saturated heterocycles. The van der Waals surface area contributed by atoms with Crippen molar-refractivity contribution in [3.63, 3.8) is 0 Å². The molecule has 6 aliphatic rings. The Kier molecular flexibility index (Phi) is 25.8. The van der Waals surface area contributed by atoms with Gasteiger partial charge in [0, 0.05) is 27.8 Å². The van der Waals surface area contributed by atoms with Crippen molar-refractivity contribution >= 4 is 0 Å². The lowest BCUT2D eigenvalue weighted by molar-refractivity contribution is -0.378. The summed E-state index contributed by atoms with van der Waals surface area (Å²) in [6.45, 7) is 10.5. The summed E-state index contributed by atoms with van der Waals surface area (Å²) < 4.78 is 95.5. The number of aliphatic hydroxyl groups is 6. The topological polar surface area (TPSA) is 406 Å². The fraction of sp³-hybridized carbons (Fsp3) is 0.710. The zero-order valence-corrected chi connectivity index (χ0v) is 52.6. The van der Waals surface area contributed by atoms with Crippen LogP contribution in [-0.4, -0.2) is 217 Å². The molecule has 9 rings (SSSR count). The molecule has 0 saturated carbocycles. The Labute approximate surface area is 532 Å². The molecule has 0 aliphatic carbocycles. The molecule has 30 heteroatoms. The number of nitrogens with zero attached hydrogens (tertiary/aromatic N) is 9. The van der Waals surface area contributed by atoms with Crippen LogP contribution in [0.25, 0.3) is 31.3 Å². The van der Waals surface area contributed by atoms with Gasteiger partial charge in [0.2, 0.25) is 0 Å². The van der Waals surface area contributed by atoms with Gasteiger partial charge in [0.05, 0.1) is 100 Å². The first kappa shape index (κ1) is 71.1. The van der Waals surface area contributed by atoms with Crippen molar-refractivity contribution in [1.29, 1.82) is 0 Å². The van der Waals surface area contributed by atoms with E-state index < -0.39 is 197 Å². The molecule has 0 spiro atoms. The van der Waals surface area contributed by atoms with Crippen LogP contribution in [0.1, 0.15) is 65.2 Å². The van der Waals surface area contributed by atoms with Crippen molar-refractivity contribution in [2.24, 2.45) is 39.0 Å². The van der Waals surface area contributed by atoms with E-state index in [1.165, 1.54) is 7.11 Å². The maximum absolute atomic E-state index is 12.5. The number of benzene rings is 3. The highest BCUT2D eigenvalue weighted by molar-refractivity contribution is 5.16. The minimum Gasteiger partial charge on any atom is -0.394 e. The van der Waals surface area contributed by atoms with E-state index in [2.05, 4.69) is 30.1 Å². The van der Waals surface area contributed by atoms with Crippen LogP contribution < -0.4 is 0 Å². The highest BCUT2D eigenvalue weighted by Gasteiger charge is 2.57. The van der Waals surface area contributed by atoms with Gasteiger partial charge < -0.3 is 102 Å². The highest BCUT2D eigenvalue weighted by Crippen LogP contribution is 2.42. The molecule has 3 aromatic rings. The second-order valence-corrected chi connectivity index (χ2v) is 24.3. The fourth-order valence-corrected chi connectivity index (χ4v) is 13.0. The van der Waals surface area contributed by atoms with Crippen LogP contribution in [0.5, 0.6) is 0 Å². The van der Waals surface area contributed by atoms with E-state index in [9.17, 15) is 47.2 Å². The van der Waals surface area contributed by atoms with Crippen LogP contribution in [0.4, 0.5) is 0 Å². The molecule has 506 valence electrons. The van der Waals surface area contributed by atoms with Crippen molar-refractivity contribution < 1.29 is 102 Å². The summed E-state index contributed by atoms with van der Waals surface area (Å²) in [6.07, 6.45) is -27.2. The molecule has 0 amide bonds. The van der Waals surface area contributed by atoms with Crippen LogP contribution in [-0.2, 0) is 90.9 Å². The summed E-state index contributed by atoms with van der Waals surface area (Å²) in [5.74, 6) is -2.48. The molecule has 6 fully saturated rings. The summed E-state index contributed by atoms with van der Waals surface area (Å²) in [5.41, 5.74) is 31.9. The molecule has 0 radical (unpaired) electrons. The van der Waals surface area contributed by atoms with Gasteiger partial charge in [-0.05, 0) is 71.8 Å². The van der Waals surface area contributed by atoms with Crippen LogP contribution in [0.15, 0.2) is 106 Å². The van der Waals surface area contributed by atoms with E-state index in [1.54, 1.807) is 34.6 Å². The third-order valence-corrected chi connectivity index (χ3v) is 18.4. The summed E-state index contributed by atoms with van der Waals surface area (Å²) in [6, 6.07) is 24.5. The molecule has 0 aromatic heterocycles. The Morgan fingerprint density at radius 1 is 0.370 bits per heavy atom. The quantitative estimate of drug-likeness (QED) is 0.0334. The Hall–Kier alpha value is -5.25. The van der Waals surface area contributed by atoms with Crippen molar-refractivity contribution in [1.82, 2.24) is 0 Å². The molecular weight excluding hydrogens is 1210 g/mol. The molecule has 30 atom stereocenters. The van der Waals surface area contributed by atoms with Gasteiger partial charge in [0.15, 0.2) is 37.7 Å². The summed E-state index contributed by atoms with van der Waals surface area (Å²) >= 11 is 0. The third kappa shape index (κ3) is 16.3. The molecule has 3 aromatic carbocycles. The Balaban J connectivity index is 0.918. The number of hydrogen-bond acceptors (Lipinski definition) is 24. The largest absolute Gasteiger partial charge is 0.394 e. The van der Waals surface area contributed by atoms with Crippen molar-refractivity contribution in [3.8, 4) is 0 Å². The molecule has 6 heterocycles. The SMILES string of the molecule is CO[C@@H]1OC(CO)[C@@H](O[C@@H]2OC(C)C(O[C@@H]3OC(CO)[C@@H](O[C@@H]4OC(C)[C@H](O[C@@H]5OC(CO)[C@@H](O[C@@H]6OC(C)[C@@H](C)[C@@H](OCc7ccccc7)C6O)[C@H](C)C5N=[N+]=[N-])[C@@H](OCc5ccccc5)C4O)[C@H](C)C3N=[N+]=[N-])[C@@H](OCc3ccccc3)C2O)[C@H](C)C1N=[N+]=[N-]. The highest BCUT2D eigenvalue weighted by atomic mass is 16.8. The maximum atomic E-state index is 12.5. The number of hydrogen-bond donors (Lipinski definition) is 6. The van der Waals surface area contributed by atoms with Gasteiger partial charge in [-0.25, -0.2) is 0 Å². The summed E-state index contributed by atoms with van der Waals surface area (Å²) in [5, 5.41) is 81.1. The van der Waals surface area contributed by atoms with E-state index >= 15 is 0 Å². The van der Waals surface area contributed by atoms with Gasteiger partial charge in [0.25, 0.3) is 0 Å². The predicted octanol–water partition coefficient (Wildman–Crippen LogP) is 5.36. The second-order valence-electron chi connectivity index (χ2n) is 24.3. The molecule has 30 nitrogen and oxygen atoms in total. The van der Waals surface area contributed by atoms with E-state index in [-0.39, 0.29) is 25.7 Å². The van der Waals surface area contributed by atoms with Crippen molar-refractivity contribution in [3.05, 3.63) is 139 Å². The van der Waals surface area contributed by atoms with E-state index in [4.69, 9.17) is 71.1 Å². The van der Waals surface area contributed by atoms with Crippen LogP contribution in [0.2, 0.25) is 0 Å². The summed E-state index contributed by atoms with van der Waals surface area (Å²) in [4.78, 5) is 9.23. The number of aliphatic hydroxyl groups excluding tert-OH is 6. The number of methoxy groups -OCH3 is 1. The van der Waals surface area contributed by atoms with E-state index in [0.717, 1.165) is 16.7 Å². The van der Waals surface area contributed by atoms with Gasteiger partial charge in [-0.1, -0.05) is 134 Å². The molecule has 6 aliphatic heterocycles. The monoisotopic (exact) mass is 1290 g/mol. The molecular formula is C62H87N9O21. The molecule has 0 bridgehead atoms. The minimum absolute atomic E-state index is 0.0203. The zero-order valence-electron chi connectivity index (χ0n) is 52.6. The number of azide groups is 3. The first-order chi connectivity index (χ1) is 44.5. The first-order valence-corrected chi connectivity index (χ1v) is 31.2.